The van der Waals surface area contributed by atoms with E-state index in [0.717, 1.165) is 42.6 Å². The molecular weight excluding hydrogens is 517 g/mol. The van der Waals surface area contributed by atoms with E-state index in [4.69, 9.17) is 4.74 Å². The zero-order valence-corrected chi connectivity index (χ0v) is 21.0. The van der Waals surface area contributed by atoms with Crippen LogP contribution in [0.5, 0.6) is 0 Å². The largest absolute Gasteiger partial charge is 0.462 e. The molecule has 1 unspecified atom stereocenters. The van der Waals surface area contributed by atoms with Crippen molar-refractivity contribution in [3.05, 3.63) is 27.2 Å². The van der Waals surface area contributed by atoms with E-state index in [2.05, 4.69) is 35.4 Å². The van der Waals surface area contributed by atoms with Gasteiger partial charge in [-0.2, -0.15) is 0 Å². The molecule has 0 amide bonds. The Balaban J connectivity index is 0.00000320. The Kier molecular flexibility index (Phi) is 9.46. The van der Waals surface area contributed by atoms with Gasteiger partial charge in [0.15, 0.2) is 11.8 Å². The van der Waals surface area contributed by atoms with Crippen LogP contribution in [0.1, 0.15) is 71.7 Å². The maximum absolute atomic E-state index is 12.1. The Morgan fingerprint density at radius 1 is 1.33 bits per heavy atom. The van der Waals surface area contributed by atoms with Crippen molar-refractivity contribution in [2.75, 3.05) is 13.2 Å². The Hall–Kier alpha value is -1.76. The van der Waals surface area contributed by atoms with Crippen LogP contribution in [0.2, 0.25) is 0 Å². The van der Waals surface area contributed by atoms with Crippen LogP contribution >= 0.6 is 35.3 Å². The van der Waals surface area contributed by atoms with E-state index in [9.17, 15) is 4.79 Å². The van der Waals surface area contributed by atoms with Crippen molar-refractivity contribution in [3.8, 4) is 0 Å². The molecule has 11 heteroatoms. The van der Waals surface area contributed by atoms with Gasteiger partial charge in [-0.25, -0.2) is 14.8 Å². The second-order valence-corrected chi connectivity index (χ2v) is 7.92. The zero-order chi connectivity index (χ0) is 20.8. The minimum Gasteiger partial charge on any atom is -0.462 e. The van der Waals surface area contributed by atoms with Crippen molar-refractivity contribution in [1.29, 1.82) is 0 Å². The highest BCUT2D eigenvalue weighted by molar-refractivity contribution is 14.0. The van der Waals surface area contributed by atoms with E-state index in [1.54, 1.807) is 6.92 Å². The Bertz CT molecular complexity index is 880. The summed E-state index contributed by atoms with van der Waals surface area (Å²) in [5.74, 6) is 2.30. The van der Waals surface area contributed by atoms with Crippen LogP contribution in [-0.2, 0) is 24.2 Å². The molecule has 2 N–H and O–H groups in total. The predicted octanol–water partition coefficient (Wildman–Crippen LogP) is 2.99. The number of nitrogens with zero attached hydrogens (tertiary/aromatic N) is 5. The van der Waals surface area contributed by atoms with E-state index in [-0.39, 0.29) is 36.0 Å². The summed E-state index contributed by atoms with van der Waals surface area (Å²) in [6, 6.07) is -0.105. The van der Waals surface area contributed by atoms with Gasteiger partial charge in [0, 0.05) is 19.5 Å². The highest BCUT2D eigenvalue weighted by atomic mass is 127. The summed E-state index contributed by atoms with van der Waals surface area (Å²) in [5.41, 5.74) is 0.689. The van der Waals surface area contributed by atoms with Gasteiger partial charge in [0.25, 0.3) is 0 Å². The molecular formula is C19H30IN7O2S. The van der Waals surface area contributed by atoms with Gasteiger partial charge in [0.2, 0.25) is 0 Å². The van der Waals surface area contributed by atoms with Gasteiger partial charge in [-0.1, -0.05) is 0 Å². The number of aliphatic imine (C=N–C) groups is 1. The number of halogens is 1. The normalized spacial score (nSPS) is 14.5. The minimum atomic E-state index is -0.321. The molecule has 0 saturated carbocycles. The lowest BCUT2D eigenvalue weighted by molar-refractivity contribution is 0.0531. The Morgan fingerprint density at radius 3 is 2.87 bits per heavy atom. The third-order valence-electron chi connectivity index (χ3n) is 4.66. The summed E-state index contributed by atoms with van der Waals surface area (Å²) in [6.07, 6.45) is 3.31. The Labute approximate surface area is 198 Å². The molecule has 0 bridgehead atoms. The average molecular weight is 547 g/mol. The number of esters is 1. The number of ether oxygens (including phenoxy) is 1. The number of fused-ring (bicyclic) bond motifs is 1. The first-order valence-electron chi connectivity index (χ1n) is 10.1. The molecule has 1 aliphatic rings. The topological polar surface area (TPSA) is 106 Å². The third-order valence-corrected chi connectivity index (χ3v) is 5.98. The monoisotopic (exact) mass is 547 g/mol. The van der Waals surface area contributed by atoms with E-state index >= 15 is 0 Å². The summed E-state index contributed by atoms with van der Waals surface area (Å²) in [6.45, 7) is 10.1. The third kappa shape index (κ3) is 5.90. The van der Waals surface area contributed by atoms with E-state index in [1.807, 2.05) is 20.8 Å². The van der Waals surface area contributed by atoms with Crippen molar-refractivity contribution in [2.24, 2.45) is 4.99 Å². The zero-order valence-electron chi connectivity index (χ0n) is 17.9. The fraction of sp³-hybridized carbons (Fsp3) is 0.632. The van der Waals surface area contributed by atoms with Crippen LogP contribution < -0.4 is 10.6 Å². The van der Waals surface area contributed by atoms with Crippen molar-refractivity contribution in [3.63, 3.8) is 0 Å². The van der Waals surface area contributed by atoms with Crippen molar-refractivity contribution >= 4 is 47.2 Å². The number of hydrogen-bond acceptors (Lipinski definition) is 7. The molecule has 0 radical (unpaired) electrons. The standard InChI is InChI=1S/C19H29N7O2S.HI/c1-5-20-19(21-11-15-25-24-14-9-7-8-10-26(14)15)23-13(4)17-22-12(3)16(29-17)18(27)28-6-2;/h13H,5-11H2,1-4H3,(H2,20,21,23);1H. The molecule has 30 heavy (non-hydrogen) atoms. The highest BCUT2D eigenvalue weighted by Crippen LogP contribution is 2.24. The molecule has 0 aliphatic carbocycles. The number of nitrogens with one attached hydrogen (secondary N) is 2. The Morgan fingerprint density at radius 2 is 2.13 bits per heavy atom. The molecule has 0 saturated heterocycles. The van der Waals surface area contributed by atoms with Gasteiger partial charge in [0.1, 0.15) is 22.3 Å². The molecule has 1 atom stereocenters. The minimum absolute atomic E-state index is 0. The smallest absolute Gasteiger partial charge is 0.350 e. The lowest BCUT2D eigenvalue weighted by Crippen LogP contribution is -2.38. The van der Waals surface area contributed by atoms with Crippen LogP contribution in [0.3, 0.4) is 0 Å². The van der Waals surface area contributed by atoms with Crippen molar-refractivity contribution < 1.29 is 9.53 Å². The van der Waals surface area contributed by atoms with Crippen LogP contribution in [0.4, 0.5) is 0 Å². The van der Waals surface area contributed by atoms with Gasteiger partial charge in [-0.3, -0.25) is 0 Å². The molecule has 3 heterocycles. The molecule has 1 aliphatic heterocycles. The summed E-state index contributed by atoms with van der Waals surface area (Å²) >= 11 is 1.35. The molecule has 166 valence electrons. The maximum atomic E-state index is 12.1. The lowest BCUT2D eigenvalue weighted by Gasteiger charge is -2.17. The molecule has 2 aromatic rings. The first-order chi connectivity index (χ1) is 14.0. The first-order valence-corrected chi connectivity index (χ1v) is 10.9. The number of aryl methyl sites for hydroxylation is 2. The van der Waals surface area contributed by atoms with E-state index in [1.165, 1.54) is 17.8 Å². The summed E-state index contributed by atoms with van der Waals surface area (Å²) in [7, 11) is 0. The van der Waals surface area contributed by atoms with Crippen molar-refractivity contribution in [1.82, 2.24) is 30.4 Å². The van der Waals surface area contributed by atoms with Gasteiger partial charge < -0.3 is 19.9 Å². The van der Waals surface area contributed by atoms with E-state index < -0.39 is 0 Å². The van der Waals surface area contributed by atoms with Gasteiger partial charge in [-0.15, -0.1) is 45.5 Å². The summed E-state index contributed by atoms with van der Waals surface area (Å²) in [4.78, 5) is 21.8. The lowest BCUT2D eigenvalue weighted by atomic mass is 10.2. The van der Waals surface area contributed by atoms with Gasteiger partial charge in [-0.05, 0) is 40.5 Å². The van der Waals surface area contributed by atoms with Crippen LogP contribution in [0.25, 0.3) is 0 Å². The fourth-order valence-electron chi connectivity index (χ4n) is 3.21. The SMILES string of the molecule is CCNC(=NCc1nnc2n1CCCC2)NC(C)c1nc(C)c(C(=O)OCC)s1.I. The quantitative estimate of drug-likeness (QED) is 0.238. The average Bonchev–Trinajstić information content (AvgIpc) is 3.30. The first kappa shape index (κ1) is 24.5. The molecule has 3 rings (SSSR count). The van der Waals surface area contributed by atoms with Gasteiger partial charge in [0.05, 0.1) is 18.3 Å². The molecule has 0 aromatic carbocycles. The number of guanidine groups is 1. The van der Waals surface area contributed by atoms with Crippen molar-refractivity contribution in [2.45, 2.75) is 66.1 Å². The fourth-order valence-corrected chi connectivity index (χ4v) is 4.17. The molecule has 9 nitrogen and oxygen atoms in total. The predicted molar refractivity (Wildman–Crippen MR) is 128 cm³/mol. The van der Waals surface area contributed by atoms with Crippen LogP contribution in [-0.4, -0.2) is 44.8 Å². The molecule has 2 aromatic heterocycles. The second kappa shape index (κ2) is 11.6. The highest BCUT2D eigenvalue weighted by Gasteiger charge is 2.20. The number of carbonyl (C=O) groups is 1. The van der Waals surface area contributed by atoms with Gasteiger partial charge >= 0.3 is 5.97 Å². The molecule has 0 spiro atoms. The number of thiazole rings is 1. The maximum Gasteiger partial charge on any atom is 0.350 e. The number of aromatic nitrogens is 4. The summed E-state index contributed by atoms with van der Waals surface area (Å²) < 4.78 is 7.28. The molecule has 0 fully saturated rings. The number of rotatable bonds is 7. The number of carbonyl (C=O) groups excluding carboxylic acids is 1. The van der Waals surface area contributed by atoms with Crippen LogP contribution in [0, 0.1) is 6.92 Å². The van der Waals surface area contributed by atoms with E-state index in [0.29, 0.717) is 29.7 Å². The van der Waals surface area contributed by atoms with Crippen LogP contribution in [0.15, 0.2) is 4.99 Å². The second-order valence-electron chi connectivity index (χ2n) is 6.89. The number of hydrogen-bond donors (Lipinski definition) is 2. The summed E-state index contributed by atoms with van der Waals surface area (Å²) in [5, 5.41) is 16.0.